The molecule has 1 unspecified atom stereocenters. The minimum absolute atomic E-state index is 0.0546. The molecular weight excluding hydrogens is 405 g/mol. The van der Waals surface area contributed by atoms with Crippen LogP contribution in [0.5, 0.6) is 0 Å². The zero-order valence-electron chi connectivity index (χ0n) is 17.1. The lowest BCUT2D eigenvalue weighted by Crippen LogP contribution is -2.38. The molecule has 4 rings (SSSR count). The topological polar surface area (TPSA) is 71.0 Å². The maximum atomic E-state index is 13.6. The molecule has 1 aliphatic carbocycles. The van der Waals surface area contributed by atoms with E-state index in [9.17, 15) is 14.0 Å². The van der Waals surface area contributed by atoms with Crippen LogP contribution in [0.1, 0.15) is 51.6 Å². The Balaban J connectivity index is 1.70. The summed E-state index contributed by atoms with van der Waals surface area (Å²) < 4.78 is 19.1. The van der Waals surface area contributed by atoms with Crippen molar-refractivity contribution in [3.05, 3.63) is 58.0 Å². The van der Waals surface area contributed by atoms with Crippen LogP contribution in [0, 0.1) is 5.82 Å². The van der Waals surface area contributed by atoms with Gasteiger partial charge in [0.2, 0.25) is 5.91 Å². The third kappa shape index (κ3) is 4.28. The van der Waals surface area contributed by atoms with E-state index in [0.29, 0.717) is 16.4 Å². The van der Waals surface area contributed by atoms with E-state index in [1.54, 1.807) is 32.9 Å². The van der Waals surface area contributed by atoms with Crippen molar-refractivity contribution in [1.82, 2.24) is 10.2 Å². The summed E-state index contributed by atoms with van der Waals surface area (Å²) in [5.41, 5.74) is 2.45. The first-order valence-electron chi connectivity index (χ1n) is 10.0. The molecule has 1 atom stereocenters. The Morgan fingerprint density at radius 2 is 2.00 bits per heavy atom. The zero-order chi connectivity index (χ0) is 21.4. The Bertz CT molecular complexity index is 964. The number of esters is 1. The number of amides is 1. The molecule has 6 nitrogen and oxygen atoms in total. The van der Waals surface area contributed by atoms with Gasteiger partial charge in [-0.1, -0.05) is 23.9 Å². The maximum Gasteiger partial charge on any atom is 0.338 e. The Morgan fingerprint density at radius 1 is 1.30 bits per heavy atom. The van der Waals surface area contributed by atoms with Gasteiger partial charge in [0.05, 0.1) is 29.8 Å². The molecule has 1 N–H and O–H groups in total. The van der Waals surface area contributed by atoms with E-state index in [1.807, 2.05) is 10.3 Å². The number of fused-ring (bicyclic) bond motifs is 1. The monoisotopic (exact) mass is 429 g/mol. The highest BCUT2D eigenvalue weighted by molar-refractivity contribution is 8.16. The molecule has 8 heteroatoms. The molecule has 1 saturated carbocycles. The summed E-state index contributed by atoms with van der Waals surface area (Å²) in [6, 6.07) is 5.78. The SMILES string of the molecule is CC1=C(C(=O)OC(C)C)C(c2ccc(F)cc2)N2C(CC(=O)NC3CC3)=CSC2=N1. The summed E-state index contributed by atoms with van der Waals surface area (Å²) in [6.45, 7) is 5.35. The number of nitrogens with zero attached hydrogens (tertiary/aromatic N) is 2. The minimum atomic E-state index is -0.542. The van der Waals surface area contributed by atoms with Crippen LogP contribution < -0.4 is 5.32 Å². The van der Waals surface area contributed by atoms with E-state index in [0.717, 1.165) is 24.1 Å². The molecule has 3 aliphatic rings. The van der Waals surface area contributed by atoms with Crippen molar-refractivity contribution in [1.29, 1.82) is 0 Å². The van der Waals surface area contributed by atoms with Crippen LogP contribution in [-0.4, -0.2) is 34.1 Å². The van der Waals surface area contributed by atoms with Crippen LogP contribution in [0.15, 0.2) is 51.6 Å². The Hall–Kier alpha value is -2.61. The molecule has 1 aromatic rings. The summed E-state index contributed by atoms with van der Waals surface area (Å²) in [7, 11) is 0. The van der Waals surface area contributed by atoms with Crippen LogP contribution in [0.3, 0.4) is 0 Å². The summed E-state index contributed by atoms with van der Waals surface area (Å²) in [4.78, 5) is 31.9. The van der Waals surface area contributed by atoms with Gasteiger partial charge in [-0.2, -0.15) is 0 Å². The quantitative estimate of drug-likeness (QED) is 0.692. The molecule has 1 amide bonds. The number of aliphatic imine (C=N–C) groups is 1. The number of carbonyl (C=O) groups is 2. The second kappa shape index (κ2) is 8.26. The van der Waals surface area contributed by atoms with Crippen molar-refractivity contribution in [2.75, 3.05) is 0 Å². The summed E-state index contributed by atoms with van der Waals surface area (Å²) in [5, 5.41) is 5.58. The van der Waals surface area contributed by atoms with Crippen molar-refractivity contribution >= 4 is 28.8 Å². The van der Waals surface area contributed by atoms with Crippen molar-refractivity contribution in [3.8, 4) is 0 Å². The van der Waals surface area contributed by atoms with Crippen LogP contribution >= 0.6 is 11.8 Å². The lowest BCUT2D eigenvalue weighted by atomic mass is 9.93. The number of thioether (sulfide) groups is 1. The predicted molar refractivity (Wildman–Crippen MR) is 114 cm³/mol. The summed E-state index contributed by atoms with van der Waals surface area (Å²) >= 11 is 1.42. The zero-order valence-corrected chi connectivity index (χ0v) is 18.0. The molecule has 158 valence electrons. The molecule has 1 aromatic carbocycles. The van der Waals surface area contributed by atoms with Crippen LogP contribution in [0.25, 0.3) is 0 Å². The lowest BCUT2D eigenvalue weighted by molar-refractivity contribution is -0.143. The molecule has 30 heavy (non-hydrogen) atoms. The highest BCUT2D eigenvalue weighted by atomic mass is 32.2. The van der Waals surface area contributed by atoms with Crippen molar-refractivity contribution in [2.24, 2.45) is 4.99 Å². The van der Waals surface area contributed by atoms with Gasteiger partial charge in [-0.05, 0) is 56.7 Å². The highest BCUT2D eigenvalue weighted by Crippen LogP contribution is 2.45. The Morgan fingerprint density at radius 3 is 2.63 bits per heavy atom. The molecule has 0 radical (unpaired) electrons. The van der Waals surface area contributed by atoms with Crippen LogP contribution in [0.2, 0.25) is 0 Å². The predicted octanol–water partition coefficient (Wildman–Crippen LogP) is 4.02. The third-order valence-electron chi connectivity index (χ3n) is 5.03. The number of carbonyl (C=O) groups excluding carboxylic acids is 2. The number of allylic oxidation sites excluding steroid dienone is 1. The Labute approximate surface area is 179 Å². The molecular formula is C22H24FN3O3S. The van der Waals surface area contributed by atoms with Crippen LogP contribution in [0.4, 0.5) is 4.39 Å². The first kappa shape index (κ1) is 20.7. The number of hydrogen-bond acceptors (Lipinski definition) is 6. The first-order chi connectivity index (χ1) is 14.3. The molecule has 0 aromatic heterocycles. The Kier molecular flexibility index (Phi) is 5.69. The summed E-state index contributed by atoms with van der Waals surface area (Å²) in [5.74, 6) is -0.870. The fourth-order valence-corrected chi connectivity index (χ4v) is 4.50. The van der Waals surface area contributed by atoms with Gasteiger partial charge < -0.3 is 15.0 Å². The van der Waals surface area contributed by atoms with Gasteiger partial charge in [-0.3, -0.25) is 4.79 Å². The number of ether oxygens (including phenoxy) is 1. The molecule has 0 saturated heterocycles. The fourth-order valence-electron chi connectivity index (χ4n) is 3.54. The smallest absolute Gasteiger partial charge is 0.338 e. The van der Waals surface area contributed by atoms with Gasteiger partial charge in [-0.15, -0.1) is 0 Å². The molecule has 2 aliphatic heterocycles. The van der Waals surface area contributed by atoms with Gasteiger partial charge in [0.1, 0.15) is 5.82 Å². The molecule has 1 fully saturated rings. The minimum Gasteiger partial charge on any atom is -0.459 e. The number of benzene rings is 1. The second-order valence-electron chi connectivity index (χ2n) is 7.92. The fraction of sp³-hybridized carbons (Fsp3) is 0.409. The summed E-state index contributed by atoms with van der Waals surface area (Å²) in [6.07, 6.45) is 1.93. The van der Waals surface area contributed by atoms with Gasteiger partial charge >= 0.3 is 5.97 Å². The van der Waals surface area contributed by atoms with E-state index < -0.39 is 12.0 Å². The largest absolute Gasteiger partial charge is 0.459 e. The van der Waals surface area contributed by atoms with E-state index in [4.69, 9.17) is 4.74 Å². The number of nitrogens with one attached hydrogen (secondary N) is 1. The standard InChI is InChI=1S/C22H24FN3O3S/c1-12(2)29-21(28)19-13(3)24-22-26(20(19)14-4-6-15(23)7-5-14)17(11-30-22)10-18(27)25-16-8-9-16/h4-7,11-12,16,20H,8-10H2,1-3H3,(H,25,27). The number of amidine groups is 1. The normalized spacial score (nSPS) is 20.7. The average molecular weight is 430 g/mol. The van der Waals surface area contributed by atoms with E-state index in [2.05, 4.69) is 10.3 Å². The average Bonchev–Trinajstić information content (AvgIpc) is 3.40. The van der Waals surface area contributed by atoms with E-state index in [1.165, 1.54) is 23.9 Å². The first-order valence-corrected chi connectivity index (χ1v) is 10.9. The highest BCUT2D eigenvalue weighted by Gasteiger charge is 2.41. The van der Waals surface area contributed by atoms with Gasteiger partial charge in [0.25, 0.3) is 0 Å². The van der Waals surface area contributed by atoms with Crippen molar-refractivity contribution in [3.63, 3.8) is 0 Å². The molecule has 0 spiro atoms. The van der Waals surface area contributed by atoms with Gasteiger partial charge in [0.15, 0.2) is 5.17 Å². The molecule has 2 heterocycles. The third-order valence-corrected chi connectivity index (χ3v) is 5.92. The van der Waals surface area contributed by atoms with Gasteiger partial charge in [-0.25, -0.2) is 14.2 Å². The lowest BCUT2D eigenvalue weighted by Gasteiger charge is -2.36. The number of hydrogen-bond donors (Lipinski definition) is 1. The van der Waals surface area contributed by atoms with Crippen molar-refractivity contribution in [2.45, 2.75) is 58.2 Å². The van der Waals surface area contributed by atoms with Gasteiger partial charge in [0, 0.05) is 11.7 Å². The van der Waals surface area contributed by atoms with E-state index in [-0.39, 0.29) is 30.3 Å². The molecule has 0 bridgehead atoms. The number of halogens is 1. The van der Waals surface area contributed by atoms with Crippen LogP contribution in [-0.2, 0) is 14.3 Å². The van der Waals surface area contributed by atoms with Crippen molar-refractivity contribution < 1.29 is 18.7 Å². The second-order valence-corrected chi connectivity index (χ2v) is 8.75. The maximum absolute atomic E-state index is 13.6. The van der Waals surface area contributed by atoms with E-state index >= 15 is 0 Å². The number of rotatable bonds is 6.